The van der Waals surface area contributed by atoms with Crippen LogP contribution in [0.25, 0.3) is 0 Å². The highest BCUT2D eigenvalue weighted by Gasteiger charge is 2.35. The van der Waals surface area contributed by atoms with Gasteiger partial charge in [0.15, 0.2) is 0 Å². The Kier molecular flexibility index (Phi) is 10.1. The Morgan fingerprint density at radius 2 is 1.00 bits per heavy atom. The molecule has 27 heavy (non-hydrogen) atoms. The second-order valence-corrected chi connectivity index (χ2v) is 12.3. The number of ketones is 2. The molecule has 4 N–H and O–H groups in total. The Morgan fingerprint density at radius 1 is 0.667 bits per heavy atom. The van der Waals surface area contributed by atoms with Gasteiger partial charge in [0.1, 0.15) is 11.6 Å². The van der Waals surface area contributed by atoms with Crippen LogP contribution in [0.4, 0.5) is 0 Å². The maximum atomic E-state index is 11.8. The Morgan fingerprint density at radius 3 is 1.33 bits per heavy atom. The quantitative estimate of drug-likeness (QED) is 0.298. The van der Waals surface area contributed by atoms with Crippen molar-refractivity contribution in [3.63, 3.8) is 0 Å². The van der Waals surface area contributed by atoms with E-state index >= 15 is 0 Å². The summed E-state index contributed by atoms with van der Waals surface area (Å²) in [6, 6.07) is 0. The first-order valence-electron chi connectivity index (χ1n) is 9.00. The van der Waals surface area contributed by atoms with Crippen molar-refractivity contribution in [2.75, 3.05) is 0 Å². The molecule has 0 aliphatic rings. The molecule has 0 radical (unpaired) electrons. The Hall–Kier alpha value is -0.520. The first-order valence-corrected chi connectivity index (χ1v) is 11.9. The van der Waals surface area contributed by atoms with Gasteiger partial charge in [-0.15, -0.1) is 0 Å². The van der Waals surface area contributed by atoms with Crippen LogP contribution in [0.2, 0.25) is 0 Å². The summed E-state index contributed by atoms with van der Waals surface area (Å²) < 4.78 is 57.0. The fraction of sp³-hybridized carbons (Fsp3) is 0.882. The first-order chi connectivity index (χ1) is 12.0. The Bertz CT molecular complexity index is 603. The molecule has 162 valence electrons. The van der Waals surface area contributed by atoms with Crippen LogP contribution in [0, 0.1) is 0 Å². The summed E-state index contributed by atoms with van der Waals surface area (Å²) in [6.45, 7) is 5.86. The molecule has 0 saturated heterocycles. The normalized spacial score (nSPS) is 14.2. The van der Waals surface area contributed by atoms with Crippen molar-refractivity contribution >= 4 is 32.6 Å². The largest absolute Gasteiger partial charge is 0.308 e. The summed E-state index contributed by atoms with van der Waals surface area (Å²) in [5, 5.41) is 0. The van der Waals surface area contributed by atoms with Gasteiger partial charge in [0.05, 0.1) is 20.4 Å². The van der Waals surface area contributed by atoms with Crippen molar-refractivity contribution < 1.29 is 36.2 Å². The molecule has 8 nitrogen and oxygen atoms in total. The van der Waals surface area contributed by atoms with Gasteiger partial charge < -0.3 is 13.7 Å². The van der Waals surface area contributed by atoms with Crippen LogP contribution in [-0.4, -0.2) is 47.7 Å². The van der Waals surface area contributed by atoms with Crippen molar-refractivity contribution in [2.24, 2.45) is 0 Å². The molecule has 0 rings (SSSR count). The van der Waals surface area contributed by atoms with E-state index in [1.807, 2.05) is 0 Å². The van der Waals surface area contributed by atoms with E-state index < -0.39 is 30.5 Å². The van der Waals surface area contributed by atoms with Crippen molar-refractivity contribution in [2.45, 2.75) is 95.0 Å². The first kappa shape index (κ1) is 26.5. The summed E-state index contributed by atoms with van der Waals surface area (Å²) in [5.74, 6) is -0.0789. The molecular weight excluding hydrogens is 396 g/mol. The third-order valence-corrected chi connectivity index (χ3v) is 8.11. The van der Waals surface area contributed by atoms with E-state index in [1.54, 1.807) is 0 Å². The molecule has 0 unspecified atom stereocenters. The van der Waals surface area contributed by atoms with Gasteiger partial charge in [-0.25, -0.2) is 0 Å². The second kappa shape index (κ2) is 10.3. The number of Topliss-reactive ketones (excluding diaryl/α,β-unsaturated/α-hetero) is 2. The van der Waals surface area contributed by atoms with E-state index in [0.717, 1.165) is 0 Å². The van der Waals surface area contributed by atoms with Gasteiger partial charge in [0, 0.05) is 25.7 Å². The highest BCUT2D eigenvalue weighted by Crippen LogP contribution is 2.50. The standard InChI is InChI=1S/C17H34O8S2/c1-16(2,26(20,21)22)12-6-10-14(18)8-5-9-15(19)11-7-13-17(3,4)27(23,24)25/h20-22H,5-13H2,1-4H3,(H,23,24,25). The molecule has 0 heterocycles. The maximum Gasteiger partial charge on any atom is 0.270 e. The lowest BCUT2D eigenvalue weighted by molar-refractivity contribution is -0.120. The van der Waals surface area contributed by atoms with Crippen LogP contribution in [0.1, 0.15) is 85.5 Å². The topological polar surface area (TPSA) is 149 Å². The molecule has 0 aromatic rings. The van der Waals surface area contributed by atoms with E-state index in [-0.39, 0.29) is 43.7 Å². The average Bonchev–Trinajstić information content (AvgIpc) is 2.44. The number of hydrogen-bond acceptors (Lipinski definition) is 7. The predicted octanol–water partition coefficient (Wildman–Crippen LogP) is 4.30. The molecule has 0 saturated carbocycles. The summed E-state index contributed by atoms with van der Waals surface area (Å²) in [6.07, 6.45) is 2.58. The van der Waals surface area contributed by atoms with E-state index in [4.69, 9.17) is 4.55 Å². The third-order valence-electron chi connectivity index (χ3n) is 4.82. The summed E-state index contributed by atoms with van der Waals surface area (Å²) >= 11 is 0. The van der Waals surface area contributed by atoms with E-state index in [9.17, 15) is 31.7 Å². The zero-order valence-electron chi connectivity index (χ0n) is 16.6. The predicted molar refractivity (Wildman–Crippen MR) is 107 cm³/mol. The lowest BCUT2D eigenvalue weighted by atomic mass is 9.99. The number of carbonyl (C=O) groups excluding carboxylic acids is 2. The van der Waals surface area contributed by atoms with Crippen molar-refractivity contribution in [3.8, 4) is 0 Å². The summed E-state index contributed by atoms with van der Waals surface area (Å²) in [7, 11) is -7.83. The minimum absolute atomic E-state index is 0.0273. The van der Waals surface area contributed by atoms with Gasteiger partial charge in [-0.2, -0.15) is 8.42 Å². The molecule has 0 atom stereocenters. The number of rotatable bonds is 14. The zero-order chi connectivity index (χ0) is 21.5. The average molecular weight is 431 g/mol. The van der Waals surface area contributed by atoms with Crippen molar-refractivity contribution in [1.29, 1.82) is 0 Å². The minimum atomic E-state index is -4.16. The second-order valence-electron chi connectivity index (χ2n) is 8.15. The molecule has 0 amide bonds. The zero-order valence-corrected chi connectivity index (χ0v) is 18.2. The van der Waals surface area contributed by atoms with Gasteiger partial charge in [0.2, 0.25) is 0 Å². The molecule has 0 spiro atoms. The summed E-state index contributed by atoms with van der Waals surface area (Å²) in [5.41, 5.74) is 0. The Labute approximate surface area is 164 Å². The van der Waals surface area contributed by atoms with Gasteiger partial charge >= 0.3 is 0 Å². The minimum Gasteiger partial charge on any atom is -0.308 e. The van der Waals surface area contributed by atoms with Gasteiger partial charge in [0.25, 0.3) is 10.1 Å². The highest BCUT2D eigenvalue weighted by atomic mass is 32.3. The molecule has 0 bridgehead atoms. The SMILES string of the molecule is CC(C)(CCCC(=O)CCCC(=O)CCCC(C)(C)S(=O)(=O)O)S(O)(O)O. The fourth-order valence-corrected chi connectivity index (χ4v) is 3.24. The van der Waals surface area contributed by atoms with Crippen LogP contribution < -0.4 is 0 Å². The summed E-state index contributed by atoms with van der Waals surface area (Å²) in [4.78, 5) is 23.6. The lowest BCUT2D eigenvalue weighted by Gasteiger charge is -2.37. The monoisotopic (exact) mass is 430 g/mol. The van der Waals surface area contributed by atoms with E-state index in [1.165, 1.54) is 27.7 Å². The van der Waals surface area contributed by atoms with Gasteiger partial charge in [-0.3, -0.25) is 14.1 Å². The van der Waals surface area contributed by atoms with Crippen molar-refractivity contribution in [3.05, 3.63) is 0 Å². The molecule has 0 aromatic carbocycles. The molecule has 0 aromatic heterocycles. The molecular formula is C17H34O8S2. The number of hydrogen-bond donors (Lipinski definition) is 4. The van der Waals surface area contributed by atoms with Crippen LogP contribution in [0.5, 0.6) is 0 Å². The maximum absolute atomic E-state index is 11.8. The fourth-order valence-electron chi connectivity index (χ4n) is 2.42. The van der Waals surface area contributed by atoms with E-state index in [2.05, 4.69) is 0 Å². The Balaban J connectivity index is 4.00. The number of carbonyl (C=O) groups is 2. The molecule has 10 heteroatoms. The van der Waals surface area contributed by atoms with Crippen LogP contribution >= 0.6 is 10.9 Å². The van der Waals surface area contributed by atoms with Gasteiger partial charge in [-0.1, -0.05) is 0 Å². The van der Waals surface area contributed by atoms with Crippen LogP contribution in [0.15, 0.2) is 0 Å². The third kappa shape index (κ3) is 10.00. The smallest absolute Gasteiger partial charge is 0.270 e. The highest BCUT2D eigenvalue weighted by molar-refractivity contribution is 8.20. The van der Waals surface area contributed by atoms with Gasteiger partial charge in [-0.05, 0) is 59.8 Å². The van der Waals surface area contributed by atoms with Crippen LogP contribution in [0.3, 0.4) is 0 Å². The lowest BCUT2D eigenvalue weighted by Crippen LogP contribution is -2.31. The molecule has 0 aliphatic carbocycles. The van der Waals surface area contributed by atoms with Crippen LogP contribution in [-0.2, 0) is 19.7 Å². The molecule has 0 aliphatic heterocycles. The van der Waals surface area contributed by atoms with E-state index in [0.29, 0.717) is 25.7 Å². The van der Waals surface area contributed by atoms with Crippen molar-refractivity contribution in [1.82, 2.24) is 0 Å². The molecule has 0 fully saturated rings.